The van der Waals surface area contributed by atoms with Crippen LogP contribution in [-0.4, -0.2) is 39.0 Å². The molecule has 1 unspecified atom stereocenters. The van der Waals surface area contributed by atoms with Crippen LogP contribution in [0.2, 0.25) is 0 Å². The standard InChI is InChI=1S/C16H15F3N4O4/c1-9-11(5-2-6-12(9)23(25)26)14(24)22-7-3-4-10(8-22)13-20-21-15(27-13)16(17,18)19/h2,5-6,10H,3-4,7-8H2,1H3. The van der Waals surface area contributed by atoms with E-state index in [1.165, 1.54) is 30.0 Å². The Morgan fingerprint density at radius 1 is 1.37 bits per heavy atom. The van der Waals surface area contributed by atoms with E-state index in [0.717, 1.165) is 0 Å². The zero-order chi connectivity index (χ0) is 19.8. The lowest BCUT2D eigenvalue weighted by Crippen LogP contribution is -2.39. The number of hydrogen-bond acceptors (Lipinski definition) is 6. The molecule has 1 saturated heterocycles. The third-order valence-corrected chi connectivity index (χ3v) is 4.47. The van der Waals surface area contributed by atoms with Gasteiger partial charge in [-0.2, -0.15) is 13.2 Å². The average Bonchev–Trinajstić information content (AvgIpc) is 3.12. The molecular weight excluding hydrogens is 369 g/mol. The van der Waals surface area contributed by atoms with Crippen molar-refractivity contribution in [3.63, 3.8) is 0 Å². The molecule has 0 bridgehead atoms. The molecule has 1 fully saturated rings. The maximum Gasteiger partial charge on any atom is 0.470 e. The van der Waals surface area contributed by atoms with Crippen LogP contribution in [0.5, 0.6) is 0 Å². The molecule has 1 aromatic heterocycles. The molecule has 2 heterocycles. The third-order valence-electron chi connectivity index (χ3n) is 4.47. The van der Waals surface area contributed by atoms with Crippen LogP contribution < -0.4 is 0 Å². The van der Waals surface area contributed by atoms with Crippen molar-refractivity contribution >= 4 is 11.6 Å². The first-order valence-electron chi connectivity index (χ1n) is 8.12. The van der Waals surface area contributed by atoms with Gasteiger partial charge in [-0.25, -0.2) is 0 Å². The number of nitro groups is 1. The smallest absolute Gasteiger partial charge is 0.417 e. The van der Waals surface area contributed by atoms with Gasteiger partial charge in [0, 0.05) is 30.3 Å². The van der Waals surface area contributed by atoms with Crippen LogP contribution in [0.3, 0.4) is 0 Å². The molecule has 1 atom stereocenters. The van der Waals surface area contributed by atoms with E-state index in [0.29, 0.717) is 19.4 Å². The molecule has 0 spiro atoms. The normalized spacial score (nSPS) is 17.8. The summed E-state index contributed by atoms with van der Waals surface area (Å²) >= 11 is 0. The Hall–Kier alpha value is -2.98. The molecule has 0 radical (unpaired) electrons. The Kier molecular flexibility index (Phi) is 4.85. The molecule has 1 amide bonds. The van der Waals surface area contributed by atoms with Gasteiger partial charge in [0.05, 0.1) is 10.8 Å². The minimum atomic E-state index is -4.73. The van der Waals surface area contributed by atoms with Crippen LogP contribution in [0.4, 0.5) is 18.9 Å². The average molecular weight is 384 g/mol. The number of halogens is 3. The van der Waals surface area contributed by atoms with Gasteiger partial charge in [-0.15, -0.1) is 10.2 Å². The number of hydrogen-bond donors (Lipinski definition) is 0. The van der Waals surface area contributed by atoms with Crippen LogP contribution in [0, 0.1) is 17.0 Å². The summed E-state index contributed by atoms with van der Waals surface area (Å²) < 4.78 is 42.6. The Labute approximate surface area is 151 Å². The molecule has 1 aliphatic heterocycles. The quantitative estimate of drug-likeness (QED) is 0.594. The third kappa shape index (κ3) is 3.76. The number of carbonyl (C=O) groups is 1. The predicted molar refractivity (Wildman–Crippen MR) is 85.0 cm³/mol. The maximum atomic E-state index is 12.8. The van der Waals surface area contributed by atoms with Crippen molar-refractivity contribution in [2.75, 3.05) is 13.1 Å². The van der Waals surface area contributed by atoms with Gasteiger partial charge >= 0.3 is 12.1 Å². The predicted octanol–water partition coefficient (Wildman–Crippen LogP) is 3.32. The van der Waals surface area contributed by atoms with E-state index in [1.54, 1.807) is 0 Å². The fourth-order valence-corrected chi connectivity index (χ4v) is 3.10. The maximum absolute atomic E-state index is 12.8. The van der Waals surface area contributed by atoms with Crippen molar-refractivity contribution in [3.05, 3.63) is 51.2 Å². The molecule has 0 aliphatic carbocycles. The van der Waals surface area contributed by atoms with E-state index >= 15 is 0 Å². The van der Waals surface area contributed by atoms with Crippen LogP contribution in [-0.2, 0) is 6.18 Å². The Bertz CT molecular complexity index is 881. The number of likely N-dealkylation sites (tertiary alicyclic amines) is 1. The van der Waals surface area contributed by atoms with E-state index in [-0.39, 0.29) is 29.2 Å². The number of aromatic nitrogens is 2. The summed E-state index contributed by atoms with van der Waals surface area (Å²) in [5, 5.41) is 17.5. The molecule has 27 heavy (non-hydrogen) atoms. The number of carbonyl (C=O) groups excluding carboxylic acids is 1. The van der Waals surface area contributed by atoms with Crippen molar-refractivity contribution in [1.29, 1.82) is 0 Å². The first-order valence-corrected chi connectivity index (χ1v) is 8.12. The van der Waals surface area contributed by atoms with Gasteiger partial charge in [0.25, 0.3) is 11.6 Å². The first kappa shape index (κ1) is 18.8. The van der Waals surface area contributed by atoms with Gasteiger partial charge in [0.1, 0.15) is 0 Å². The molecular formula is C16H15F3N4O4. The van der Waals surface area contributed by atoms with Crippen molar-refractivity contribution in [3.8, 4) is 0 Å². The van der Waals surface area contributed by atoms with Crippen molar-refractivity contribution in [1.82, 2.24) is 15.1 Å². The summed E-state index contributed by atoms with van der Waals surface area (Å²) in [6.07, 6.45) is -3.69. The highest BCUT2D eigenvalue weighted by atomic mass is 19.4. The summed E-state index contributed by atoms with van der Waals surface area (Å²) in [6, 6.07) is 4.22. The SMILES string of the molecule is Cc1c(C(=O)N2CCCC(c3nnc(C(F)(F)F)o3)C2)cccc1[N+](=O)[O-]. The van der Waals surface area contributed by atoms with E-state index in [1.807, 2.05) is 0 Å². The number of benzene rings is 1. The van der Waals surface area contributed by atoms with Crippen LogP contribution in [0.15, 0.2) is 22.6 Å². The monoisotopic (exact) mass is 384 g/mol. The minimum absolute atomic E-state index is 0.0977. The van der Waals surface area contributed by atoms with Crippen molar-refractivity contribution in [2.45, 2.75) is 31.9 Å². The lowest BCUT2D eigenvalue weighted by atomic mass is 9.96. The lowest BCUT2D eigenvalue weighted by molar-refractivity contribution is -0.385. The van der Waals surface area contributed by atoms with Gasteiger partial charge in [-0.05, 0) is 25.8 Å². The van der Waals surface area contributed by atoms with Gasteiger partial charge in [0.2, 0.25) is 5.89 Å². The highest BCUT2D eigenvalue weighted by Crippen LogP contribution is 2.32. The summed E-state index contributed by atoms with van der Waals surface area (Å²) in [5.74, 6) is -2.53. The molecule has 1 aromatic carbocycles. The van der Waals surface area contributed by atoms with Crippen molar-refractivity contribution < 1.29 is 27.3 Å². The minimum Gasteiger partial charge on any atom is -0.417 e. The summed E-state index contributed by atoms with van der Waals surface area (Å²) in [7, 11) is 0. The fraction of sp³-hybridized carbons (Fsp3) is 0.438. The highest BCUT2D eigenvalue weighted by Gasteiger charge is 2.39. The van der Waals surface area contributed by atoms with Gasteiger partial charge in [0.15, 0.2) is 0 Å². The Morgan fingerprint density at radius 3 is 2.74 bits per heavy atom. The molecule has 11 heteroatoms. The van der Waals surface area contributed by atoms with E-state index in [2.05, 4.69) is 10.2 Å². The van der Waals surface area contributed by atoms with E-state index < -0.39 is 28.8 Å². The highest BCUT2D eigenvalue weighted by molar-refractivity contribution is 5.96. The van der Waals surface area contributed by atoms with Crippen LogP contribution >= 0.6 is 0 Å². The zero-order valence-corrected chi connectivity index (χ0v) is 14.2. The van der Waals surface area contributed by atoms with Crippen LogP contribution in [0.1, 0.15) is 46.5 Å². The topological polar surface area (TPSA) is 102 Å². The van der Waals surface area contributed by atoms with Gasteiger partial charge in [-0.1, -0.05) is 6.07 Å². The second-order valence-electron chi connectivity index (χ2n) is 6.24. The molecule has 2 aromatic rings. The lowest BCUT2D eigenvalue weighted by Gasteiger charge is -2.31. The summed E-state index contributed by atoms with van der Waals surface area (Å²) in [4.78, 5) is 24.7. The Morgan fingerprint density at radius 2 is 2.11 bits per heavy atom. The summed E-state index contributed by atoms with van der Waals surface area (Å²) in [5.41, 5.74) is 0.263. The van der Waals surface area contributed by atoms with E-state index in [4.69, 9.17) is 4.42 Å². The zero-order valence-electron chi connectivity index (χ0n) is 14.2. The Balaban J connectivity index is 1.80. The first-order chi connectivity index (χ1) is 12.7. The fourth-order valence-electron chi connectivity index (χ4n) is 3.10. The number of rotatable bonds is 3. The van der Waals surface area contributed by atoms with Gasteiger partial charge < -0.3 is 9.32 Å². The molecule has 1 aliphatic rings. The number of piperidine rings is 1. The largest absolute Gasteiger partial charge is 0.470 e. The van der Waals surface area contributed by atoms with Gasteiger partial charge in [-0.3, -0.25) is 14.9 Å². The second kappa shape index (κ2) is 6.97. The molecule has 144 valence electrons. The van der Waals surface area contributed by atoms with E-state index in [9.17, 15) is 28.1 Å². The van der Waals surface area contributed by atoms with Crippen LogP contribution in [0.25, 0.3) is 0 Å². The molecule has 0 N–H and O–H groups in total. The molecule has 0 saturated carbocycles. The number of alkyl halides is 3. The summed E-state index contributed by atoms with van der Waals surface area (Å²) in [6.45, 7) is 1.97. The van der Waals surface area contributed by atoms with Crippen molar-refractivity contribution in [2.24, 2.45) is 0 Å². The second-order valence-corrected chi connectivity index (χ2v) is 6.24. The molecule has 3 rings (SSSR count). The molecule has 8 nitrogen and oxygen atoms in total. The number of nitro benzene ring substituents is 1. The number of amides is 1. The number of nitrogens with zero attached hydrogens (tertiary/aromatic N) is 4.